The molecule has 130 valence electrons. The number of fused-ring (bicyclic) bond motifs is 7. The van der Waals surface area contributed by atoms with E-state index >= 15 is 0 Å². The fourth-order valence-corrected chi connectivity index (χ4v) is 4.40. The van der Waals surface area contributed by atoms with Gasteiger partial charge in [-0.15, -0.1) is 0 Å². The van der Waals surface area contributed by atoms with Gasteiger partial charge in [0.05, 0.1) is 17.0 Å². The minimum Gasteiger partial charge on any atom is -0.399 e. The van der Waals surface area contributed by atoms with Crippen molar-refractivity contribution in [1.29, 1.82) is 0 Å². The Morgan fingerprint density at radius 2 is 1.67 bits per heavy atom. The number of hydrogen-bond acceptors (Lipinski definition) is 3. The standard InChI is InChI=1S/C23H18N4/c24-13-9-10-17-18(11-13)14-5-1-2-7-16(14)21-22(17)27-23(26-21)19-12-25-20-8-4-3-6-15(19)20/h1-11,19,25H,12,24H2,(H,26,27). The van der Waals surface area contributed by atoms with Crippen molar-refractivity contribution in [3.05, 3.63) is 78.1 Å². The molecule has 0 fully saturated rings. The molecular weight excluding hydrogens is 332 g/mol. The maximum Gasteiger partial charge on any atom is 0.116 e. The molecule has 2 heterocycles. The zero-order chi connectivity index (χ0) is 18.0. The molecule has 4 nitrogen and oxygen atoms in total. The summed E-state index contributed by atoms with van der Waals surface area (Å²) in [5, 5.41) is 8.18. The molecule has 0 bridgehead atoms. The summed E-state index contributed by atoms with van der Waals surface area (Å²) in [5.41, 5.74) is 11.5. The number of nitrogens with one attached hydrogen (secondary N) is 2. The van der Waals surface area contributed by atoms with Crippen molar-refractivity contribution in [2.45, 2.75) is 5.92 Å². The summed E-state index contributed by atoms with van der Waals surface area (Å²) in [5.74, 6) is 1.24. The Hall–Kier alpha value is -3.53. The predicted molar refractivity (Wildman–Crippen MR) is 112 cm³/mol. The molecule has 0 amide bonds. The smallest absolute Gasteiger partial charge is 0.116 e. The summed E-state index contributed by atoms with van der Waals surface area (Å²) in [6.45, 7) is 0.863. The third kappa shape index (κ3) is 2.01. The van der Waals surface area contributed by atoms with Crippen LogP contribution < -0.4 is 11.1 Å². The van der Waals surface area contributed by atoms with E-state index in [-0.39, 0.29) is 5.92 Å². The highest BCUT2D eigenvalue weighted by Gasteiger charge is 2.26. The summed E-state index contributed by atoms with van der Waals surface area (Å²) >= 11 is 0. The largest absolute Gasteiger partial charge is 0.399 e. The third-order valence-corrected chi connectivity index (χ3v) is 5.67. The topological polar surface area (TPSA) is 66.7 Å². The van der Waals surface area contributed by atoms with E-state index in [1.807, 2.05) is 6.07 Å². The minimum absolute atomic E-state index is 0.233. The number of H-pyrrole nitrogens is 1. The van der Waals surface area contributed by atoms with Gasteiger partial charge in [0, 0.05) is 28.7 Å². The molecule has 0 saturated heterocycles. The number of anilines is 2. The van der Waals surface area contributed by atoms with Gasteiger partial charge >= 0.3 is 0 Å². The van der Waals surface area contributed by atoms with Crippen LogP contribution in [0.4, 0.5) is 11.4 Å². The number of nitrogens with two attached hydrogens (primary N) is 1. The van der Waals surface area contributed by atoms with Crippen LogP contribution in [-0.4, -0.2) is 16.5 Å². The average Bonchev–Trinajstić information content (AvgIpc) is 3.32. The zero-order valence-electron chi connectivity index (χ0n) is 14.7. The number of rotatable bonds is 1. The number of nitrogen functional groups attached to an aromatic ring is 1. The molecule has 0 spiro atoms. The molecule has 1 atom stereocenters. The molecular formula is C23H18N4. The van der Waals surface area contributed by atoms with Crippen LogP contribution in [0.1, 0.15) is 17.3 Å². The van der Waals surface area contributed by atoms with E-state index in [4.69, 9.17) is 10.7 Å². The van der Waals surface area contributed by atoms with Gasteiger partial charge in [-0.1, -0.05) is 48.5 Å². The molecule has 4 N–H and O–H groups in total. The monoisotopic (exact) mass is 350 g/mol. The number of aromatic nitrogens is 2. The highest BCUT2D eigenvalue weighted by molar-refractivity contribution is 6.23. The first kappa shape index (κ1) is 14.6. The quantitative estimate of drug-likeness (QED) is 0.294. The van der Waals surface area contributed by atoms with Crippen LogP contribution >= 0.6 is 0 Å². The Balaban J connectivity index is 1.69. The number of aromatic amines is 1. The van der Waals surface area contributed by atoms with Gasteiger partial charge in [-0.2, -0.15) is 0 Å². The van der Waals surface area contributed by atoms with Crippen LogP contribution in [0.5, 0.6) is 0 Å². The number of hydrogen-bond donors (Lipinski definition) is 3. The second-order valence-electron chi connectivity index (χ2n) is 7.22. The fourth-order valence-electron chi connectivity index (χ4n) is 4.40. The summed E-state index contributed by atoms with van der Waals surface area (Å²) in [6, 6.07) is 23.0. The van der Waals surface area contributed by atoms with Crippen molar-refractivity contribution in [2.24, 2.45) is 0 Å². The predicted octanol–water partition coefficient (Wildman–Crippen LogP) is 5.01. The average molecular weight is 350 g/mol. The number of nitrogens with zero attached hydrogens (tertiary/aromatic N) is 1. The highest BCUT2D eigenvalue weighted by Crippen LogP contribution is 2.39. The lowest BCUT2D eigenvalue weighted by atomic mass is 9.99. The molecule has 1 aromatic heterocycles. The summed E-state index contributed by atoms with van der Waals surface area (Å²) in [4.78, 5) is 8.71. The summed E-state index contributed by atoms with van der Waals surface area (Å²) < 4.78 is 0. The third-order valence-electron chi connectivity index (χ3n) is 5.67. The van der Waals surface area contributed by atoms with E-state index < -0.39 is 0 Å². The molecule has 1 aliphatic heterocycles. The normalized spacial score (nSPS) is 16.1. The summed E-state index contributed by atoms with van der Waals surface area (Å²) in [6.07, 6.45) is 0. The Bertz CT molecular complexity index is 1350. The summed E-state index contributed by atoms with van der Waals surface area (Å²) in [7, 11) is 0. The van der Waals surface area contributed by atoms with E-state index in [0.29, 0.717) is 0 Å². The highest BCUT2D eigenvalue weighted by atomic mass is 15.0. The molecule has 27 heavy (non-hydrogen) atoms. The lowest BCUT2D eigenvalue weighted by Crippen LogP contribution is -2.05. The molecule has 6 rings (SSSR count). The van der Waals surface area contributed by atoms with Crippen molar-refractivity contribution >= 4 is 44.0 Å². The Morgan fingerprint density at radius 1 is 0.852 bits per heavy atom. The lowest BCUT2D eigenvalue weighted by molar-refractivity contribution is 0.836. The Kier molecular flexibility index (Phi) is 2.84. The van der Waals surface area contributed by atoms with Crippen molar-refractivity contribution in [2.75, 3.05) is 17.6 Å². The maximum absolute atomic E-state index is 6.08. The molecule has 1 unspecified atom stereocenters. The van der Waals surface area contributed by atoms with Crippen LogP contribution in [0.3, 0.4) is 0 Å². The van der Waals surface area contributed by atoms with E-state index in [9.17, 15) is 0 Å². The van der Waals surface area contributed by atoms with Gasteiger partial charge < -0.3 is 16.0 Å². The van der Waals surface area contributed by atoms with E-state index in [2.05, 4.69) is 71.0 Å². The maximum atomic E-state index is 6.08. The first-order chi connectivity index (χ1) is 13.3. The van der Waals surface area contributed by atoms with Crippen molar-refractivity contribution in [1.82, 2.24) is 9.97 Å². The molecule has 0 radical (unpaired) electrons. The van der Waals surface area contributed by atoms with Crippen molar-refractivity contribution < 1.29 is 0 Å². The van der Waals surface area contributed by atoms with Crippen LogP contribution in [0.25, 0.3) is 32.6 Å². The molecule has 0 saturated carbocycles. The molecule has 1 aliphatic rings. The van der Waals surface area contributed by atoms with Gasteiger partial charge in [-0.05, 0) is 34.5 Å². The Morgan fingerprint density at radius 3 is 2.59 bits per heavy atom. The van der Waals surface area contributed by atoms with Gasteiger partial charge in [0.15, 0.2) is 0 Å². The molecule has 0 aliphatic carbocycles. The second kappa shape index (κ2) is 5.24. The van der Waals surface area contributed by atoms with Gasteiger partial charge in [0.25, 0.3) is 0 Å². The van der Waals surface area contributed by atoms with Crippen LogP contribution in [0, 0.1) is 0 Å². The Labute approximate surface area is 156 Å². The van der Waals surface area contributed by atoms with Gasteiger partial charge in [-0.25, -0.2) is 4.98 Å². The molecule has 5 aromatic rings. The van der Waals surface area contributed by atoms with Gasteiger partial charge in [0.1, 0.15) is 5.82 Å². The fraction of sp³-hybridized carbons (Fsp3) is 0.0870. The first-order valence-electron chi connectivity index (χ1n) is 9.22. The number of para-hydroxylation sites is 1. The van der Waals surface area contributed by atoms with Crippen LogP contribution in [0.15, 0.2) is 66.7 Å². The van der Waals surface area contributed by atoms with Gasteiger partial charge in [0.2, 0.25) is 0 Å². The van der Waals surface area contributed by atoms with Gasteiger partial charge in [-0.3, -0.25) is 0 Å². The molecule has 4 aromatic carbocycles. The zero-order valence-corrected chi connectivity index (χ0v) is 14.7. The second-order valence-corrected chi connectivity index (χ2v) is 7.22. The minimum atomic E-state index is 0.233. The van der Waals surface area contributed by atoms with Crippen LogP contribution in [0.2, 0.25) is 0 Å². The number of benzene rings is 4. The van der Waals surface area contributed by atoms with Crippen molar-refractivity contribution in [3.8, 4) is 0 Å². The SMILES string of the molecule is Nc1ccc2c(c1)c1ccccc1c1nc(C3CNc4ccccc43)[nH]c21. The molecule has 4 heteroatoms. The van der Waals surface area contributed by atoms with E-state index in [0.717, 1.165) is 39.9 Å². The number of imidazole rings is 1. The van der Waals surface area contributed by atoms with Crippen LogP contribution in [-0.2, 0) is 0 Å². The van der Waals surface area contributed by atoms with Crippen molar-refractivity contribution in [3.63, 3.8) is 0 Å². The van der Waals surface area contributed by atoms with E-state index in [1.165, 1.54) is 22.0 Å². The van der Waals surface area contributed by atoms with E-state index in [1.54, 1.807) is 0 Å². The lowest BCUT2D eigenvalue weighted by Gasteiger charge is -2.06. The first-order valence-corrected chi connectivity index (χ1v) is 9.22.